The molecule has 34 heavy (non-hydrogen) atoms. The molecule has 2 aromatic carbocycles. The van der Waals surface area contributed by atoms with Gasteiger partial charge < -0.3 is 19.6 Å². The number of hydrogen-bond acceptors (Lipinski definition) is 7. The summed E-state index contributed by atoms with van der Waals surface area (Å²) in [5.74, 6) is 5.78. The van der Waals surface area contributed by atoms with Crippen LogP contribution in [0.15, 0.2) is 85.3 Å². The molecule has 0 unspecified atom stereocenters. The Balaban J connectivity index is 0.000000970. The van der Waals surface area contributed by atoms with E-state index in [4.69, 9.17) is 9.59 Å². The monoisotopic (exact) mass is 454 g/mol. The molecule has 1 N–H and O–H groups in total. The molecule has 0 saturated carbocycles. The van der Waals surface area contributed by atoms with Crippen molar-refractivity contribution in [3.05, 3.63) is 102 Å². The molecular formula is C26H22N4O4. The maximum Gasteiger partial charge on any atom is 0.356 e. The number of methoxy groups -OCH3 is 1. The van der Waals surface area contributed by atoms with Crippen molar-refractivity contribution in [3.8, 4) is 17.5 Å². The molecule has 4 aromatic rings. The number of esters is 1. The Bertz CT molecular complexity index is 1240. The molecule has 8 nitrogen and oxygen atoms in total. The van der Waals surface area contributed by atoms with Crippen molar-refractivity contribution in [2.24, 2.45) is 0 Å². The molecule has 2 heterocycles. The maximum absolute atomic E-state index is 11.5. The number of nitrogens with zero attached hydrogens (tertiary/aromatic N) is 3. The summed E-state index contributed by atoms with van der Waals surface area (Å²) < 4.78 is 6.46. The van der Waals surface area contributed by atoms with Gasteiger partial charge in [-0.25, -0.2) is 14.5 Å². The summed E-state index contributed by atoms with van der Waals surface area (Å²) in [6, 6.07) is 21.0. The van der Waals surface area contributed by atoms with Gasteiger partial charge in [0.05, 0.1) is 18.5 Å². The predicted molar refractivity (Wildman–Crippen MR) is 129 cm³/mol. The van der Waals surface area contributed by atoms with Gasteiger partial charge in [0.15, 0.2) is 0 Å². The van der Waals surface area contributed by atoms with E-state index in [2.05, 4.69) is 32.0 Å². The van der Waals surface area contributed by atoms with Gasteiger partial charge in [0.2, 0.25) is 0 Å². The summed E-state index contributed by atoms with van der Waals surface area (Å²) in [5, 5.41) is 7.64. The summed E-state index contributed by atoms with van der Waals surface area (Å²) in [7, 11) is 1.33. The van der Waals surface area contributed by atoms with Crippen LogP contribution < -0.4 is 5.32 Å². The van der Waals surface area contributed by atoms with Crippen LogP contribution in [-0.4, -0.2) is 41.4 Å². The molecule has 0 atom stereocenters. The lowest BCUT2D eigenvalue weighted by Gasteiger charge is -2.09. The van der Waals surface area contributed by atoms with Gasteiger partial charge in [-0.05, 0) is 54.6 Å². The van der Waals surface area contributed by atoms with Crippen molar-refractivity contribution in [2.45, 2.75) is 0 Å². The quantitative estimate of drug-likeness (QED) is 0.369. The van der Waals surface area contributed by atoms with Crippen molar-refractivity contribution in [1.82, 2.24) is 14.8 Å². The van der Waals surface area contributed by atoms with Gasteiger partial charge in [0.25, 0.3) is 0 Å². The highest BCUT2D eigenvalue weighted by Crippen LogP contribution is 2.21. The highest BCUT2D eigenvalue weighted by atomic mass is 16.5. The molecule has 0 amide bonds. The Morgan fingerprint density at radius 3 is 2.29 bits per heavy atom. The fraction of sp³-hybridized carbons (Fsp3) is 0.0385. The number of aromatic nitrogens is 3. The van der Waals surface area contributed by atoms with E-state index in [-0.39, 0.29) is 5.69 Å². The number of para-hydroxylation sites is 1. The molecule has 0 spiro atoms. The highest BCUT2D eigenvalue weighted by Gasteiger charge is 2.05. The molecule has 0 radical (unpaired) electrons. The first-order valence-electron chi connectivity index (χ1n) is 9.83. The lowest BCUT2D eigenvalue weighted by molar-refractivity contribution is -0.0987. The van der Waals surface area contributed by atoms with Crippen LogP contribution in [0.1, 0.15) is 21.6 Å². The molecular weight excluding hydrogens is 432 g/mol. The number of rotatable bonds is 4. The van der Waals surface area contributed by atoms with E-state index in [1.807, 2.05) is 79.1 Å². The molecule has 2 aromatic heterocycles. The van der Waals surface area contributed by atoms with E-state index in [9.17, 15) is 4.79 Å². The fourth-order valence-electron chi connectivity index (χ4n) is 2.81. The van der Waals surface area contributed by atoms with E-state index < -0.39 is 5.97 Å². The summed E-state index contributed by atoms with van der Waals surface area (Å²) in [5.41, 5.74) is 4.65. The number of carbonyl (C=O) groups is 3. The summed E-state index contributed by atoms with van der Waals surface area (Å²) in [4.78, 5) is 31.6. The van der Waals surface area contributed by atoms with Gasteiger partial charge in [0.1, 0.15) is 19.3 Å². The number of anilines is 2. The summed E-state index contributed by atoms with van der Waals surface area (Å²) in [6.45, 7) is 4.00. The van der Waals surface area contributed by atoms with E-state index in [1.165, 1.54) is 7.11 Å². The zero-order valence-electron chi connectivity index (χ0n) is 18.5. The molecule has 0 aliphatic carbocycles. The minimum absolute atomic E-state index is 0.253. The topological polar surface area (TPSA) is 103 Å². The van der Waals surface area contributed by atoms with Crippen LogP contribution in [-0.2, 0) is 14.3 Å². The molecule has 0 fully saturated rings. The summed E-state index contributed by atoms with van der Waals surface area (Å²) in [6.07, 6.45) is 5.21. The lowest BCUT2D eigenvalue weighted by Crippen LogP contribution is -2.03. The zero-order chi connectivity index (χ0) is 24.8. The zero-order valence-corrected chi connectivity index (χ0v) is 18.5. The molecule has 0 saturated heterocycles. The second kappa shape index (κ2) is 13.4. The number of pyridine rings is 1. The number of hydrogen-bond donors (Lipinski definition) is 1. The highest BCUT2D eigenvalue weighted by molar-refractivity contribution is 5.87. The van der Waals surface area contributed by atoms with Crippen LogP contribution in [0, 0.1) is 11.8 Å². The molecule has 170 valence electrons. The minimum atomic E-state index is -0.470. The number of nitrogens with one attached hydrogen (secondary N) is 1. The average Bonchev–Trinajstić information content (AvgIpc) is 3.46. The first-order valence-corrected chi connectivity index (χ1v) is 9.83. The van der Waals surface area contributed by atoms with Gasteiger partial charge >= 0.3 is 5.97 Å². The Kier molecular flexibility index (Phi) is 9.94. The van der Waals surface area contributed by atoms with Crippen molar-refractivity contribution < 1.29 is 19.1 Å². The first-order chi connectivity index (χ1) is 16.7. The molecule has 0 aliphatic heterocycles. The number of benzene rings is 2. The van der Waals surface area contributed by atoms with E-state index in [0.717, 1.165) is 22.6 Å². The second-order valence-electron chi connectivity index (χ2n) is 6.34. The van der Waals surface area contributed by atoms with Crippen LogP contribution in [0.25, 0.3) is 5.69 Å². The van der Waals surface area contributed by atoms with Crippen LogP contribution in [0.4, 0.5) is 11.4 Å². The Morgan fingerprint density at radius 2 is 1.68 bits per heavy atom. The Morgan fingerprint density at radius 1 is 0.941 bits per heavy atom. The third-order valence-corrected chi connectivity index (χ3v) is 4.34. The van der Waals surface area contributed by atoms with Crippen molar-refractivity contribution in [1.29, 1.82) is 0 Å². The third kappa shape index (κ3) is 6.73. The molecule has 8 heteroatoms. The van der Waals surface area contributed by atoms with Crippen LogP contribution in [0.5, 0.6) is 0 Å². The molecule has 0 bridgehead atoms. The van der Waals surface area contributed by atoms with Crippen molar-refractivity contribution in [2.75, 3.05) is 12.4 Å². The summed E-state index contributed by atoms with van der Waals surface area (Å²) >= 11 is 0. The fourth-order valence-corrected chi connectivity index (χ4v) is 2.81. The van der Waals surface area contributed by atoms with Crippen molar-refractivity contribution >= 4 is 30.9 Å². The van der Waals surface area contributed by atoms with Crippen LogP contribution in [0.3, 0.4) is 0 Å². The smallest absolute Gasteiger partial charge is 0.356 e. The van der Waals surface area contributed by atoms with Crippen LogP contribution >= 0.6 is 0 Å². The molecule has 0 aliphatic rings. The van der Waals surface area contributed by atoms with Gasteiger partial charge in [-0.1, -0.05) is 24.0 Å². The Labute approximate surface area is 197 Å². The Hall–Kier alpha value is -5.03. The first kappa shape index (κ1) is 25.2. The van der Waals surface area contributed by atoms with Crippen LogP contribution in [0.2, 0.25) is 0 Å². The second-order valence-corrected chi connectivity index (χ2v) is 6.34. The van der Waals surface area contributed by atoms with E-state index in [1.54, 1.807) is 24.5 Å². The van der Waals surface area contributed by atoms with E-state index in [0.29, 0.717) is 5.56 Å². The standard InChI is InChI=1S/C24H18N4O2.2CH2O/c1-30-24(29)23-14-8-18(17-25-23)7-9-19-5-2-3-6-22(19)27-20-10-12-21(13-11-20)28-16-4-15-26-28;2*1-2/h2-6,8,10-17,27H,1H3;2*1H2. The van der Waals surface area contributed by atoms with Gasteiger partial charge in [-0.3, -0.25) is 0 Å². The largest absolute Gasteiger partial charge is 0.464 e. The average molecular weight is 454 g/mol. The van der Waals surface area contributed by atoms with E-state index >= 15 is 0 Å². The number of carbonyl (C=O) groups excluding carboxylic acids is 3. The normalized spacial score (nSPS) is 9.09. The number of ether oxygens (including phenoxy) is 1. The minimum Gasteiger partial charge on any atom is -0.464 e. The molecule has 4 rings (SSSR count). The maximum atomic E-state index is 11.5. The lowest BCUT2D eigenvalue weighted by atomic mass is 10.1. The predicted octanol–water partition coefficient (Wildman–Crippen LogP) is 3.83. The van der Waals surface area contributed by atoms with Gasteiger partial charge in [-0.15, -0.1) is 0 Å². The van der Waals surface area contributed by atoms with Gasteiger partial charge in [-0.2, -0.15) is 5.10 Å². The van der Waals surface area contributed by atoms with Gasteiger partial charge in [0, 0.05) is 35.4 Å². The van der Waals surface area contributed by atoms with Crippen molar-refractivity contribution in [3.63, 3.8) is 0 Å². The SMILES string of the molecule is C=O.C=O.COC(=O)c1ccc(C#Cc2ccccc2Nc2ccc(-n3cccn3)cc2)cn1. The third-order valence-electron chi connectivity index (χ3n) is 4.34.